The minimum Gasteiger partial charge on any atom is -0.269 e. The Hall–Kier alpha value is -2.68. The van der Waals surface area contributed by atoms with Crippen LogP contribution >= 0.6 is 0 Å². The Balaban J connectivity index is 1.78. The molecule has 0 spiro atoms. The summed E-state index contributed by atoms with van der Waals surface area (Å²) in [6, 6.07) is 15.5. The van der Waals surface area contributed by atoms with E-state index in [9.17, 15) is 9.59 Å². The summed E-state index contributed by atoms with van der Waals surface area (Å²) in [4.78, 5) is 27.6. The summed E-state index contributed by atoms with van der Waals surface area (Å²) >= 11 is 0. The minimum absolute atomic E-state index is 0.199. The molecule has 1 heterocycles. The van der Waals surface area contributed by atoms with Crippen molar-refractivity contribution in [3.8, 4) is 0 Å². The van der Waals surface area contributed by atoms with Crippen molar-refractivity contribution >= 4 is 17.4 Å². The summed E-state index contributed by atoms with van der Waals surface area (Å²) in [5.74, 6) is -0.397. The molecule has 132 valence electrons. The number of rotatable bonds is 3. The molecule has 0 aromatic heterocycles. The third kappa shape index (κ3) is 2.06. The van der Waals surface area contributed by atoms with E-state index in [0.29, 0.717) is 11.1 Å². The zero-order valence-corrected chi connectivity index (χ0v) is 15.7. The molecule has 0 fully saturated rings. The molecule has 3 heteroatoms. The predicted molar refractivity (Wildman–Crippen MR) is 103 cm³/mol. The summed E-state index contributed by atoms with van der Waals surface area (Å²) in [5, 5.41) is 0. The van der Waals surface area contributed by atoms with Crippen LogP contribution in [0.1, 0.15) is 59.5 Å². The number of fused-ring (bicyclic) bond motifs is 2. The monoisotopic (exact) mass is 345 g/mol. The van der Waals surface area contributed by atoms with Crippen LogP contribution in [0.4, 0.5) is 0 Å². The van der Waals surface area contributed by atoms with Crippen LogP contribution in [0.3, 0.4) is 0 Å². The van der Waals surface area contributed by atoms with E-state index in [0.717, 1.165) is 6.42 Å². The molecule has 0 N–H and O–H groups in total. The first kappa shape index (κ1) is 16.8. The van der Waals surface area contributed by atoms with Crippen LogP contribution in [0.2, 0.25) is 0 Å². The molecule has 1 aliphatic heterocycles. The lowest BCUT2D eigenvalue weighted by atomic mass is 9.67. The highest BCUT2D eigenvalue weighted by atomic mass is 16.2. The van der Waals surface area contributed by atoms with Crippen molar-refractivity contribution in [1.82, 2.24) is 4.90 Å². The zero-order chi connectivity index (χ0) is 18.7. The van der Waals surface area contributed by atoms with Gasteiger partial charge in [-0.1, -0.05) is 56.3 Å². The molecule has 0 radical (unpaired) electrons. The quantitative estimate of drug-likeness (QED) is 0.754. The van der Waals surface area contributed by atoms with Gasteiger partial charge in [0.15, 0.2) is 0 Å². The molecule has 0 atom stereocenters. The minimum atomic E-state index is -0.677. The highest BCUT2D eigenvalue weighted by molar-refractivity contribution is 6.22. The van der Waals surface area contributed by atoms with Crippen molar-refractivity contribution in [2.24, 2.45) is 5.41 Å². The number of nitrogens with zero attached hydrogens (tertiary/aromatic N) is 1. The Labute approximate surface area is 154 Å². The van der Waals surface area contributed by atoms with E-state index in [2.05, 4.69) is 38.1 Å². The fraction of sp³-hybridized carbons (Fsp3) is 0.304. The van der Waals surface area contributed by atoms with Crippen molar-refractivity contribution in [3.63, 3.8) is 0 Å². The van der Waals surface area contributed by atoms with Crippen LogP contribution in [-0.2, 0) is 6.42 Å². The van der Waals surface area contributed by atoms with E-state index >= 15 is 0 Å². The number of allylic oxidation sites excluding steroid dienone is 1. The lowest BCUT2D eigenvalue weighted by molar-refractivity contribution is 0.0304. The first-order valence-corrected chi connectivity index (χ1v) is 9.03. The zero-order valence-electron chi connectivity index (χ0n) is 15.7. The molecule has 3 nitrogen and oxygen atoms in total. The first-order valence-electron chi connectivity index (χ1n) is 9.03. The van der Waals surface area contributed by atoms with E-state index in [1.165, 1.54) is 21.6 Å². The number of hydrogen-bond acceptors (Lipinski definition) is 2. The summed E-state index contributed by atoms with van der Waals surface area (Å²) < 4.78 is 0. The maximum absolute atomic E-state index is 13.0. The normalized spacial score (nSPS) is 16.6. The maximum atomic E-state index is 13.0. The maximum Gasteiger partial charge on any atom is 0.262 e. The van der Waals surface area contributed by atoms with Gasteiger partial charge in [-0.3, -0.25) is 14.5 Å². The number of amides is 2. The van der Waals surface area contributed by atoms with Crippen molar-refractivity contribution in [2.75, 3.05) is 0 Å². The van der Waals surface area contributed by atoms with Crippen LogP contribution in [-0.4, -0.2) is 22.3 Å². The van der Waals surface area contributed by atoms with Gasteiger partial charge in [-0.25, -0.2) is 0 Å². The van der Waals surface area contributed by atoms with Crippen LogP contribution in [0.25, 0.3) is 5.57 Å². The van der Waals surface area contributed by atoms with Gasteiger partial charge in [-0.2, -0.15) is 0 Å². The van der Waals surface area contributed by atoms with Gasteiger partial charge in [0.25, 0.3) is 11.8 Å². The molecule has 26 heavy (non-hydrogen) atoms. The molecule has 2 aromatic rings. The Kier molecular flexibility index (Phi) is 3.49. The molecular formula is C23H23NO2. The molecule has 2 aliphatic rings. The fourth-order valence-electron chi connectivity index (χ4n) is 4.18. The van der Waals surface area contributed by atoms with Gasteiger partial charge in [-0.05, 0) is 49.1 Å². The molecule has 1 aliphatic carbocycles. The Bertz CT molecular complexity index is 931. The smallest absolute Gasteiger partial charge is 0.262 e. The van der Waals surface area contributed by atoms with Crippen LogP contribution < -0.4 is 0 Å². The Morgan fingerprint density at radius 3 is 1.85 bits per heavy atom. The van der Waals surface area contributed by atoms with E-state index in [4.69, 9.17) is 0 Å². The first-order chi connectivity index (χ1) is 12.3. The van der Waals surface area contributed by atoms with Gasteiger partial charge in [0, 0.05) is 5.41 Å². The van der Waals surface area contributed by atoms with Gasteiger partial charge in [-0.15, -0.1) is 0 Å². The van der Waals surface area contributed by atoms with Gasteiger partial charge >= 0.3 is 0 Å². The van der Waals surface area contributed by atoms with E-state index < -0.39 is 11.0 Å². The van der Waals surface area contributed by atoms with Crippen LogP contribution in [0.15, 0.2) is 54.6 Å². The second kappa shape index (κ2) is 5.41. The molecule has 0 saturated carbocycles. The van der Waals surface area contributed by atoms with Crippen molar-refractivity contribution in [1.29, 1.82) is 0 Å². The molecule has 0 bridgehead atoms. The molecule has 2 aromatic carbocycles. The number of imide groups is 1. The van der Waals surface area contributed by atoms with Gasteiger partial charge in [0.2, 0.25) is 0 Å². The largest absolute Gasteiger partial charge is 0.269 e. The van der Waals surface area contributed by atoms with Crippen molar-refractivity contribution in [3.05, 3.63) is 76.9 Å². The standard InChI is InChI=1S/C23H23NO2/c1-22(2,19-14-13-15-9-5-6-10-16(15)19)23(3,4)24-20(25)17-11-7-8-12-18(17)21(24)26/h5-12,14H,13H2,1-4H3. The number of carbonyl (C=O) groups excluding carboxylic acids is 2. The van der Waals surface area contributed by atoms with Crippen LogP contribution in [0, 0.1) is 5.41 Å². The average Bonchev–Trinajstić information content (AvgIpc) is 3.16. The Morgan fingerprint density at radius 2 is 1.27 bits per heavy atom. The van der Waals surface area contributed by atoms with Gasteiger partial charge in [0.05, 0.1) is 16.7 Å². The highest BCUT2D eigenvalue weighted by Crippen LogP contribution is 2.50. The second-order valence-electron chi connectivity index (χ2n) is 8.15. The SMILES string of the molecule is CC(C)(C1=CCc2ccccc21)C(C)(C)N1C(=O)c2ccccc2C1=O. The number of hydrogen-bond donors (Lipinski definition) is 0. The van der Waals surface area contributed by atoms with Crippen LogP contribution in [0.5, 0.6) is 0 Å². The molecule has 2 amide bonds. The summed E-state index contributed by atoms with van der Waals surface area (Å²) in [5.41, 5.74) is 3.66. The molecule has 4 rings (SSSR count). The summed E-state index contributed by atoms with van der Waals surface area (Å²) in [6.07, 6.45) is 3.14. The van der Waals surface area contributed by atoms with Gasteiger partial charge in [0.1, 0.15) is 0 Å². The molecule has 0 unspecified atom stereocenters. The molecular weight excluding hydrogens is 322 g/mol. The lowest BCUT2D eigenvalue weighted by Gasteiger charge is -2.47. The highest BCUT2D eigenvalue weighted by Gasteiger charge is 2.52. The predicted octanol–water partition coefficient (Wildman–Crippen LogP) is 4.73. The van der Waals surface area contributed by atoms with Crippen molar-refractivity contribution in [2.45, 2.75) is 39.7 Å². The number of benzene rings is 2. The Morgan fingerprint density at radius 1 is 0.769 bits per heavy atom. The molecule has 0 saturated heterocycles. The third-order valence-corrected chi connectivity index (χ3v) is 6.39. The van der Waals surface area contributed by atoms with E-state index in [-0.39, 0.29) is 11.8 Å². The average molecular weight is 345 g/mol. The van der Waals surface area contributed by atoms with E-state index in [1.54, 1.807) is 24.3 Å². The second-order valence-corrected chi connectivity index (χ2v) is 8.15. The number of carbonyl (C=O) groups is 2. The van der Waals surface area contributed by atoms with E-state index in [1.807, 2.05) is 19.9 Å². The fourth-order valence-corrected chi connectivity index (χ4v) is 4.18. The summed E-state index contributed by atoms with van der Waals surface area (Å²) in [7, 11) is 0. The third-order valence-electron chi connectivity index (χ3n) is 6.39. The van der Waals surface area contributed by atoms with Crippen molar-refractivity contribution < 1.29 is 9.59 Å². The van der Waals surface area contributed by atoms with Gasteiger partial charge < -0.3 is 0 Å². The topological polar surface area (TPSA) is 37.4 Å². The summed E-state index contributed by atoms with van der Waals surface area (Å²) in [6.45, 7) is 8.25. The lowest BCUT2D eigenvalue weighted by Crippen LogP contribution is -2.56.